The number of carbonyl (C=O) groups is 1. The molecule has 114 valence electrons. The molecule has 19 heavy (non-hydrogen) atoms. The zero-order valence-electron chi connectivity index (χ0n) is 12.0. The van der Waals surface area contributed by atoms with Gasteiger partial charge in [0.2, 0.25) is 10.0 Å². The van der Waals surface area contributed by atoms with Crippen molar-refractivity contribution in [2.24, 2.45) is 0 Å². The number of rotatable bonds is 11. The molecule has 0 saturated heterocycles. The van der Waals surface area contributed by atoms with Crippen LogP contribution in [0, 0.1) is 0 Å². The Labute approximate surface area is 115 Å². The molecule has 1 N–H and O–H groups in total. The molecule has 7 heteroatoms. The molecule has 0 aromatic rings. The van der Waals surface area contributed by atoms with Crippen molar-refractivity contribution in [1.82, 2.24) is 4.72 Å². The maximum Gasteiger partial charge on any atom is 0.305 e. The fraction of sp³-hybridized carbons (Fsp3) is 0.917. The predicted molar refractivity (Wildman–Crippen MR) is 73.4 cm³/mol. The van der Waals surface area contributed by atoms with Gasteiger partial charge in [0.1, 0.15) is 0 Å². The second-order valence-electron chi connectivity index (χ2n) is 4.52. The maximum absolute atomic E-state index is 11.5. The molecular formula is C12H25NO5S. The Kier molecular flexibility index (Phi) is 9.81. The van der Waals surface area contributed by atoms with Crippen LogP contribution in [0.2, 0.25) is 0 Å². The van der Waals surface area contributed by atoms with Crippen molar-refractivity contribution < 1.29 is 22.7 Å². The minimum atomic E-state index is -3.25. The predicted octanol–water partition coefficient (Wildman–Crippen LogP) is 1.06. The summed E-state index contributed by atoms with van der Waals surface area (Å²) >= 11 is 0. The largest absolute Gasteiger partial charge is 0.469 e. The highest BCUT2D eigenvalue weighted by Gasteiger charge is 2.09. The molecule has 0 unspecified atom stereocenters. The van der Waals surface area contributed by atoms with E-state index in [9.17, 15) is 13.2 Å². The molecule has 0 atom stereocenters. The first kappa shape index (κ1) is 18.3. The van der Waals surface area contributed by atoms with Crippen LogP contribution in [-0.2, 0) is 24.3 Å². The number of carbonyl (C=O) groups excluding carboxylic acids is 1. The number of esters is 1. The number of unbranched alkanes of at least 4 members (excludes halogenated alkanes) is 2. The van der Waals surface area contributed by atoms with Gasteiger partial charge in [-0.3, -0.25) is 4.79 Å². The molecule has 0 amide bonds. The van der Waals surface area contributed by atoms with Gasteiger partial charge in [0, 0.05) is 13.0 Å². The van der Waals surface area contributed by atoms with Crippen molar-refractivity contribution in [3.63, 3.8) is 0 Å². The standard InChI is InChI=1S/C12H25NO5S/c1-11(2)18-9-10-19(15,16)13-8-6-4-5-7-12(14)17-3/h11,13H,4-10H2,1-3H3. The Morgan fingerprint density at radius 3 is 2.47 bits per heavy atom. The van der Waals surface area contributed by atoms with E-state index in [2.05, 4.69) is 9.46 Å². The zero-order chi connectivity index (χ0) is 14.7. The highest BCUT2D eigenvalue weighted by atomic mass is 32.2. The van der Waals surface area contributed by atoms with Crippen molar-refractivity contribution in [1.29, 1.82) is 0 Å². The molecule has 0 saturated carbocycles. The Balaban J connectivity index is 3.56. The lowest BCUT2D eigenvalue weighted by Crippen LogP contribution is -2.29. The summed E-state index contributed by atoms with van der Waals surface area (Å²) in [6.45, 7) is 4.32. The smallest absolute Gasteiger partial charge is 0.305 e. The van der Waals surface area contributed by atoms with Crippen LogP contribution in [-0.4, -0.2) is 46.5 Å². The van der Waals surface area contributed by atoms with Crippen molar-refractivity contribution in [2.75, 3.05) is 26.0 Å². The minimum absolute atomic E-state index is 0.0205. The molecule has 0 spiro atoms. The highest BCUT2D eigenvalue weighted by Crippen LogP contribution is 2.00. The van der Waals surface area contributed by atoms with Gasteiger partial charge in [-0.1, -0.05) is 6.42 Å². The molecule has 0 aromatic carbocycles. The second-order valence-corrected chi connectivity index (χ2v) is 6.45. The van der Waals surface area contributed by atoms with Gasteiger partial charge >= 0.3 is 5.97 Å². The monoisotopic (exact) mass is 295 g/mol. The molecule has 0 aliphatic carbocycles. The van der Waals surface area contributed by atoms with Gasteiger partial charge in [-0.2, -0.15) is 0 Å². The molecule has 0 aromatic heterocycles. The van der Waals surface area contributed by atoms with E-state index in [0.717, 1.165) is 6.42 Å². The van der Waals surface area contributed by atoms with Crippen molar-refractivity contribution in [2.45, 2.75) is 45.6 Å². The lowest BCUT2D eigenvalue weighted by molar-refractivity contribution is -0.140. The van der Waals surface area contributed by atoms with Crippen LogP contribution in [0.5, 0.6) is 0 Å². The second kappa shape index (κ2) is 10.2. The molecule has 0 rings (SSSR count). The SMILES string of the molecule is COC(=O)CCCCCNS(=O)(=O)CCOC(C)C. The molecule has 0 radical (unpaired) electrons. The van der Waals surface area contributed by atoms with Crippen LogP contribution in [0.25, 0.3) is 0 Å². The molecule has 0 aliphatic heterocycles. The van der Waals surface area contributed by atoms with E-state index in [1.54, 1.807) is 0 Å². The molecular weight excluding hydrogens is 270 g/mol. The number of ether oxygens (including phenoxy) is 2. The Hall–Kier alpha value is -0.660. The van der Waals surface area contributed by atoms with Crippen LogP contribution in [0.4, 0.5) is 0 Å². The fourth-order valence-electron chi connectivity index (χ4n) is 1.37. The Morgan fingerprint density at radius 2 is 1.89 bits per heavy atom. The fourth-order valence-corrected chi connectivity index (χ4v) is 2.28. The number of sulfonamides is 1. The first-order chi connectivity index (χ1) is 8.87. The number of hydrogen-bond donors (Lipinski definition) is 1. The first-order valence-electron chi connectivity index (χ1n) is 6.53. The summed E-state index contributed by atoms with van der Waals surface area (Å²) in [6.07, 6.45) is 2.63. The van der Waals surface area contributed by atoms with Crippen molar-refractivity contribution in [3.8, 4) is 0 Å². The van der Waals surface area contributed by atoms with E-state index in [0.29, 0.717) is 25.8 Å². The van der Waals surface area contributed by atoms with Gasteiger partial charge in [0.25, 0.3) is 0 Å². The van der Waals surface area contributed by atoms with Crippen LogP contribution >= 0.6 is 0 Å². The van der Waals surface area contributed by atoms with Gasteiger partial charge in [0.15, 0.2) is 0 Å². The molecule has 0 aliphatic rings. The quantitative estimate of drug-likeness (QED) is 0.455. The Morgan fingerprint density at radius 1 is 1.21 bits per heavy atom. The van der Waals surface area contributed by atoms with Gasteiger partial charge in [-0.15, -0.1) is 0 Å². The van der Waals surface area contributed by atoms with E-state index in [4.69, 9.17) is 4.74 Å². The third-order valence-corrected chi connectivity index (χ3v) is 3.76. The summed E-state index contributed by atoms with van der Waals surface area (Å²) in [5.41, 5.74) is 0. The minimum Gasteiger partial charge on any atom is -0.469 e. The van der Waals surface area contributed by atoms with E-state index in [-0.39, 0.29) is 24.4 Å². The van der Waals surface area contributed by atoms with Crippen molar-refractivity contribution in [3.05, 3.63) is 0 Å². The van der Waals surface area contributed by atoms with Crippen LogP contribution in [0.15, 0.2) is 0 Å². The van der Waals surface area contributed by atoms with E-state index < -0.39 is 10.0 Å². The summed E-state index contributed by atoms with van der Waals surface area (Å²) in [7, 11) is -1.90. The molecule has 0 bridgehead atoms. The lowest BCUT2D eigenvalue weighted by Gasteiger charge is -2.09. The van der Waals surface area contributed by atoms with E-state index in [1.165, 1.54) is 7.11 Å². The van der Waals surface area contributed by atoms with E-state index in [1.807, 2.05) is 13.8 Å². The van der Waals surface area contributed by atoms with Crippen LogP contribution in [0.1, 0.15) is 39.5 Å². The van der Waals surface area contributed by atoms with Gasteiger partial charge in [-0.25, -0.2) is 13.1 Å². The number of hydrogen-bond acceptors (Lipinski definition) is 5. The van der Waals surface area contributed by atoms with Crippen molar-refractivity contribution >= 4 is 16.0 Å². The maximum atomic E-state index is 11.5. The third-order valence-electron chi connectivity index (χ3n) is 2.41. The normalized spacial score (nSPS) is 11.8. The van der Waals surface area contributed by atoms with Gasteiger partial charge in [-0.05, 0) is 26.7 Å². The topological polar surface area (TPSA) is 81.7 Å². The third kappa shape index (κ3) is 12.1. The number of nitrogens with one attached hydrogen (secondary N) is 1. The van der Waals surface area contributed by atoms with Gasteiger partial charge < -0.3 is 9.47 Å². The summed E-state index contributed by atoms with van der Waals surface area (Å²) in [6, 6.07) is 0. The summed E-state index contributed by atoms with van der Waals surface area (Å²) < 4.78 is 35.3. The summed E-state index contributed by atoms with van der Waals surface area (Å²) in [4.78, 5) is 10.8. The average Bonchev–Trinajstić information content (AvgIpc) is 2.32. The Bertz CT molecular complexity index is 340. The lowest BCUT2D eigenvalue weighted by atomic mass is 10.2. The molecule has 0 fully saturated rings. The average molecular weight is 295 g/mol. The van der Waals surface area contributed by atoms with Gasteiger partial charge in [0.05, 0.1) is 25.6 Å². The van der Waals surface area contributed by atoms with E-state index >= 15 is 0 Å². The van der Waals surface area contributed by atoms with Crippen LogP contribution in [0.3, 0.4) is 0 Å². The molecule has 0 heterocycles. The van der Waals surface area contributed by atoms with Crippen LogP contribution < -0.4 is 4.72 Å². The first-order valence-corrected chi connectivity index (χ1v) is 8.18. The zero-order valence-corrected chi connectivity index (χ0v) is 12.8. The summed E-state index contributed by atoms with van der Waals surface area (Å²) in [5.74, 6) is -0.251. The molecule has 6 nitrogen and oxygen atoms in total. The highest BCUT2D eigenvalue weighted by molar-refractivity contribution is 7.89. The summed E-state index contributed by atoms with van der Waals surface area (Å²) in [5, 5.41) is 0. The number of methoxy groups -OCH3 is 1.